The van der Waals surface area contributed by atoms with E-state index in [9.17, 15) is 0 Å². The van der Waals surface area contributed by atoms with E-state index in [1.54, 1.807) is 14.2 Å². The van der Waals surface area contributed by atoms with E-state index in [0.717, 1.165) is 18.0 Å². The van der Waals surface area contributed by atoms with Crippen molar-refractivity contribution in [3.8, 4) is 11.5 Å². The molecule has 0 radical (unpaired) electrons. The molecule has 0 aromatic heterocycles. The maximum absolute atomic E-state index is 5.60. The highest BCUT2D eigenvalue weighted by Crippen LogP contribution is 2.32. The number of ether oxygens (including phenoxy) is 4. The molecule has 5 nitrogen and oxygen atoms in total. The molecule has 2 unspecified atom stereocenters. The third-order valence-electron chi connectivity index (χ3n) is 3.40. The minimum absolute atomic E-state index is 0.0552. The van der Waals surface area contributed by atoms with Gasteiger partial charge in [-0.1, -0.05) is 6.07 Å². The SMILES string of the molecule is COCC(CNC(C)c1ccc2c(c1)OCCO2)OC. The molecule has 0 saturated heterocycles. The molecule has 0 fully saturated rings. The molecule has 112 valence electrons. The van der Waals surface area contributed by atoms with Crippen LogP contribution in [0.3, 0.4) is 0 Å². The Bertz CT molecular complexity index is 424. The molecule has 2 rings (SSSR count). The summed E-state index contributed by atoms with van der Waals surface area (Å²) < 4.78 is 21.6. The van der Waals surface area contributed by atoms with E-state index in [1.165, 1.54) is 5.56 Å². The van der Waals surface area contributed by atoms with Crippen LogP contribution in [0.25, 0.3) is 0 Å². The zero-order valence-corrected chi connectivity index (χ0v) is 12.3. The molecule has 0 aliphatic carbocycles. The van der Waals surface area contributed by atoms with Crippen LogP contribution in [0.1, 0.15) is 18.5 Å². The Labute approximate surface area is 120 Å². The van der Waals surface area contributed by atoms with Gasteiger partial charge in [0, 0.05) is 26.8 Å². The molecule has 1 N–H and O–H groups in total. The second kappa shape index (κ2) is 7.47. The molecule has 5 heteroatoms. The standard InChI is InChI=1S/C15H23NO4/c1-11(16-9-13(18-3)10-17-2)12-4-5-14-15(8-12)20-7-6-19-14/h4-5,8,11,13,16H,6-7,9-10H2,1-3H3. The fraction of sp³-hybridized carbons (Fsp3) is 0.600. The van der Waals surface area contributed by atoms with Crippen molar-refractivity contribution in [3.63, 3.8) is 0 Å². The Kier molecular flexibility index (Phi) is 5.64. The molecule has 1 heterocycles. The summed E-state index contributed by atoms with van der Waals surface area (Å²) in [6, 6.07) is 6.26. The average molecular weight is 281 g/mol. The van der Waals surface area contributed by atoms with Gasteiger partial charge in [0.2, 0.25) is 0 Å². The van der Waals surface area contributed by atoms with E-state index in [4.69, 9.17) is 18.9 Å². The zero-order chi connectivity index (χ0) is 14.4. The minimum atomic E-state index is 0.0552. The van der Waals surface area contributed by atoms with Crippen LogP contribution in [-0.2, 0) is 9.47 Å². The predicted molar refractivity (Wildman–Crippen MR) is 76.5 cm³/mol. The fourth-order valence-electron chi connectivity index (χ4n) is 2.15. The van der Waals surface area contributed by atoms with Crippen LogP contribution in [0.15, 0.2) is 18.2 Å². The van der Waals surface area contributed by atoms with Gasteiger partial charge in [-0.2, -0.15) is 0 Å². The van der Waals surface area contributed by atoms with Crippen molar-refractivity contribution in [2.75, 3.05) is 40.6 Å². The second-order valence-electron chi connectivity index (χ2n) is 4.85. The summed E-state index contributed by atoms with van der Waals surface area (Å²) in [5.74, 6) is 1.64. The lowest BCUT2D eigenvalue weighted by Crippen LogP contribution is -2.33. The maximum Gasteiger partial charge on any atom is 0.161 e. The third kappa shape index (κ3) is 3.85. The van der Waals surface area contributed by atoms with Gasteiger partial charge in [0.05, 0.1) is 12.7 Å². The number of hydrogen-bond acceptors (Lipinski definition) is 5. The molecule has 0 saturated carbocycles. The molecule has 1 aliphatic rings. The Balaban J connectivity index is 1.93. The summed E-state index contributed by atoms with van der Waals surface area (Å²) in [6.07, 6.45) is 0.0552. The average Bonchev–Trinajstić information content (AvgIpc) is 2.50. The Hall–Kier alpha value is -1.30. The van der Waals surface area contributed by atoms with Gasteiger partial charge in [-0.15, -0.1) is 0 Å². The van der Waals surface area contributed by atoms with Crippen LogP contribution in [0, 0.1) is 0 Å². The number of fused-ring (bicyclic) bond motifs is 1. The van der Waals surface area contributed by atoms with E-state index in [1.807, 2.05) is 12.1 Å². The Morgan fingerprint density at radius 3 is 2.65 bits per heavy atom. The van der Waals surface area contributed by atoms with Gasteiger partial charge in [0.15, 0.2) is 11.5 Å². The van der Waals surface area contributed by atoms with E-state index in [2.05, 4.69) is 18.3 Å². The van der Waals surface area contributed by atoms with Gasteiger partial charge >= 0.3 is 0 Å². The summed E-state index contributed by atoms with van der Waals surface area (Å²) in [7, 11) is 3.37. The van der Waals surface area contributed by atoms with Gasteiger partial charge in [-0.3, -0.25) is 0 Å². The number of benzene rings is 1. The van der Waals surface area contributed by atoms with Crippen molar-refractivity contribution >= 4 is 0 Å². The van der Waals surface area contributed by atoms with Crippen molar-refractivity contribution in [2.24, 2.45) is 0 Å². The van der Waals surface area contributed by atoms with E-state index < -0.39 is 0 Å². The molecule has 1 aliphatic heterocycles. The van der Waals surface area contributed by atoms with Crippen LogP contribution < -0.4 is 14.8 Å². The number of methoxy groups -OCH3 is 2. The normalized spacial score (nSPS) is 16.8. The maximum atomic E-state index is 5.60. The Morgan fingerprint density at radius 1 is 1.20 bits per heavy atom. The monoisotopic (exact) mass is 281 g/mol. The second-order valence-corrected chi connectivity index (χ2v) is 4.85. The number of rotatable bonds is 7. The van der Waals surface area contributed by atoms with E-state index in [0.29, 0.717) is 19.8 Å². The molecule has 2 atom stereocenters. The van der Waals surface area contributed by atoms with Crippen LogP contribution in [0.5, 0.6) is 11.5 Å². The first kappa shape index (κ1) is 15.1. The molecule has 0 spiro atoms. The van der Waals surface area contributed by atoms with Crippen molar-refractivity contribution in [1.82, 2.24) is 5.32 Å². The summed E-state index contributed by atoms with van der Waals surface area (Å²) >= 11 is 0. The van der Waals surface area contributed by atoms with Gasteiger partial charge < -0.3 is 24.3 Å². The van der Waals surface area contributed by atoms with Gasteiger partial charge in [0.1, 0.15) is 13.2 Å². The lowest BCUT2D eigenvalue weighted by molar-refractivity contribution is 0.0276. The first-order chi connectivity index (χ1) is 9.74. The molecule has 1 aromatic rings. The molecule has 20 heavy (non-hydrogen) atoms. The molecule has 0 bridgehead atoms. The summed E-state index contributed by atoms with van der Waals surface area (Å²) in [6.45, 7) is 4.66. The van der Waals surface area contributed by atoms with Crippen LogP contribution >= 0.6 is 0 Å². The molecular formula is C15H23NO4. The number of hydrogen-bond donors (Lipinski definition) is 1. The van der Waals surface area contributed by atoms with Gasteiger partial charge in [-0.25, -0.2) is 0 Å². The van der Waals surface area contributed by atoms with Crippen LogP contribution in [0.2, 0.25) is 0 Å². The number of nitrogens with one attached hydrogen (secondary N) is 1. The summed E-state index contributed by atoms with van der Waals surface area (Å²) in [5.41, 5.74) is 1.17. The quantitative estimate of drug-likeness (QED) is 0.825. The molecule has 0 amide bonds. The molecule has 1 aromatic carbocycles. The van der Waals surface area contributed by atoms with Crippen LogP contribution in [-0.4, -0.2) is 46.7 Å². The highest BCUT2D eigenvalue weighted by Gasteiger charge is 2.15. The largest absolute Gasteiger partial charge is 0.486 e. The first-order valence-corrected chi connectivity index (χ1v) is 6.89. The Morgan fingerprint density at radius 2 is 1.95 bits per heavy atom. The highest BCUT2D eigenvalue weighted by molar-refractivity contribution is 5.44. The van der Waals surface area contributed by atoms with Crippen molar-refractivity contribution in [3.05, 3.63) is 23.8 Å². The topological polar surface area (TPSA) is 49.0 Å². The minimum Gasteiger partial charge on any atom is -0.486 e. The third-order valence-corrected chi connectivity index (χ3v) is 3.40. The first-order valence-electron chi connectivity index (χ1n) is 6.89. The lowest BCUT2D eigenvalue weighted by Gasteiger charge is -2.22. The summed E-state index contributed by atoms with van der Waals surface area (Å²) in [4.78, 5) is 0. The molecular weight excluding hydrogens is 258 g/mol. The van der Waals surface area contributed by atoms with Crippen molar-refractivity contribution in [2.45, 2.75) is 19.1 Å². The van der Waals surface area contributed by atoms with Crippen molar-refractivity contribution in [1.29, 1.82) is 0 Å². The lowest BCUT2D eigenvalue weighted by atomic mass is 10.1. The summed E-state index contributed by atoms with van der Waals surface area (Å²) in [5, 5.41) is 3.44. The predicted octanol–water partition coefficient (Wildman–Crippen LogP) is 1.77. The van der Waals surface area contributed by atoms with Crippen molar-refractivity contribution < 1.29 is 18.9 Å². The highest BCUT2D eigenvalue weighted by atomic mass is 16.6. The van der Waals surface area contributed by atoms with Gasteiger partial charge in [-0.05, 0) is 24.6 Å². The van der Waals surface area contributed by atoms with Gasteiger partial charge in [0.25, 0.3) is 0 Å². The zero-order valence-electron chi connectivity index (χ0n) is 12.3. The van der Waals surface area contributed by atoms with E-state index >= 15 is 0 Å². The smallest absolute Gasteiger partial charge is 0.161 e. The van der Waals surface area contributed by atoms with E-state index in [-0.39, 0.29) is 12.1 Å². The van der Waals surface area contributed by atoms with Crippen LogP contribution in [0.4, 0.5) is 0 Å². The fourth-order valence-corrected chi connectivity index (χ4v) is 2.15.